The van der Waals surface area contributed by atoms with E-state index in [4.69, 9.17) is 16.3 Å². The quantitative estimate of drug-likeness (QED) is 0.878. The molecule has 2 N–H and O–H groups in total. The number of nitrogens with one attached hydrogen (secondary N) is 2. The molecule has 2 amide bonds. The highest BCUT2D eigenvalue weighted by Gasteiger charge is 2.29. The minimum absolute atomic E-state index is 0.00595. The Morgan fingerprint density at radius 1 is 1.48 bits per heavy atom. The van der Waals surface area contributed by atoms with Crippen molar-refractivity contribution in [2.24, 2.45) is 5.92 Å². The van der Waals surface area contributed by atoms with E-state index in [1.807, 2.05) is 0 Å². The minimum atomic E-state index is -0.808. The lowest BCUT2D eigenvalue weighted by molar-refractivity contribution is -0.130. The van der Waals surface area contributed by atoms with Gasteiger partial charge >= 0.3 is 0 Å². The van der Waals surface area contributed by atoms with Crippen LogP contribution in [0.4, 0.5) is 5.69 Å². The van der Waals surface area contributed by atoms with Gasteiger partial charge in [-0.25, -0.2) is 0 Å². The van der Waals surface area contributed by atoms with Gasteiger partial charge in [-0.1, -0.05) is 25.4 Å². The molecule has 1 aromatic rings. The molecule has 0 saturated carbocycles. The van der Waals surface area contributed by atoms with Gasteiger partial charge in [0.05, 0.1) is 12.1 Å². The Balaban J connectivity index is 1.91. The van der Waals surface area contributed by atoms with Crippen LogP contribution in [0.25, 0.3) is 0 Å². The number of halogens is 1. The zero-order valence-electron chi connectivity index (χ0n) is 12.1. The van der Waals surface area contributed by atoms with Crippen LogP contribution >= 0.6 is 11.6 Å². The van der Waals surface area contributed by atoms with Gasteiger partial charge in [0.25, 0.3) is 5.91 Å². The maximum atomic E-state index is 11.9. The smallest absolute Gasteiger partial charge is 0.266 e. The van der Waals surface area contributed by atoms with E-state index in [9.17, 15) is 9.59 Å². The van der Waals surface area contributed by atoms with Gasteiger partial charge in [0.2, 0.25) is 5.91 Å². The van der Waals surface area contributed by atoms with E-state index in [0.717, 1.165) is 6.42 Å². The van der Waals surface area contributed by atoms with Gasteiger partial charge in [0.15, 0.2) is 6.10 Å². The molecule has 0 aliphatic carbocycles. The fourth-order valence-corrected chi connectivity index (χ4v) is 2.17. The minimum Gasteiger partial charge on any atom is -0.478 e. The number of amides is 2. The molecule has 2 rings (SSSR count). The molecule has 0 saturated heterocycles. The Kier molecular flexibility index (Phi) is 5.07. The average molecular weight is 311 g/mol. The molecule has 5 nitrogen and oxygen atoms in total. The van der Waals surface area contributed by atoms with Crippen molar-refractivity contribution in [3.8, 4) is 5.75 Å². The summed E-state index contributed by atoms with van der Waals surface area (Å²) in [5, 5.41) is 6.01. The summed E-state index contributed by atoms with van der Waals surface area (Å²) in [4.78, 5) is 23.7. The summed E-state index contributed by atoms with van der Waals surface area (Å²) in [6, 6.07) is 4.98. The Bertz CT molecular complexity index is 546. The molecule has 6 heteroatoms. The van der Waals surface area contributed by atoms with E-state index < -0.39 is 6.10 Å². The van der Waals surface area contributed by atoms with Crippen LogP contribution in [-0.2, 0) is 9.59 Å². The molecular formula is C15H19ClN2O3. The van der Waals surface area contributed by atoms with Crippen LogP contribution in [0.2, 0.25) is 5.02 Å². The summed E-state index contributed by atoms with van der Waals surface area (Å²) >= 11 is 5.86. The molecule has 1 heterocycles. The Morgan fingerprint density at radius 2 is 2.24 bits per heavy atom. The van der Waals surface area contributed by atoms with Crippen molar-refractivity contribution < 1.29 is 14.3 Å². The number of rotatable bonds is 5. The first-order valence-electron chi connectivity index (χ1n) is 6.99. The van der Waals surface area contributed by atoms with Crippen LogP contribution in [0.5, 0.6) is 5.75 Å². The third-order valence-corrected chi connectivity index (χ3v) is 3.41. The lowest BCUT2D eigenvalue weighted by Gasteiger charge is -2.25. The maximum Gasteiger partial charge on any atom is 0.266 e. The third-order valence-electron chi connectivity index (χ3n) is 3.18. The average Bonchev–Trinajstić information content (AvgIpc) is 2.39. The second-order valence-corrected chi connectivity index (χ2v) is 5.91. The number of carbonyl (C=O) groups excluding carboxylic acids is 2. The SMILES string of the molecule is CC(C)CCNC(=O)C[C@@H]1Oc2ccc(Cl)cc2NC1=O. The van der Waals surface area contributed by atoms with E-state index in [-0.39, 0.29) is 18.2 Å². The number of benzene rings is 1. The number of carbonyl (C=O) groups is 2. The fourth-order valence-electron chi connectivity index (χ4n) is 2.00. The summed E-state index contributed by atoms with van der Waals surface area (Å²) in [5.74, 6) is 0.534. The summed E-state index contributed by atoms with van der Waals surface area (Å²) in [6.07, 6.45) is 0.106. The summed E-state index contributed by atoms with van der Waals surface area (Å²) in [5.41, 5.74) is 0.531. The largest absolute Gasteiger partial charge is 0.478 e. The van der Waals surface area contributed by atoms with E-state index in [0.29, 0.717) is 28.9 Å². The molecule has 0 spiro atoms. The van der Waals surface area contributed by atoms with Crippen molar-refractivity contribution in [3.05, 3.63) is 23.2 Å². The normalized spacial score (nSPS) is 17.0. The molecule has 0 aromatic heterocycles. The van der Waals surface area contributed by atoms with Gasteiger partial charge in [0, 0.05) is 11.6 Å². The van der Waals surface area contributed by atoms with Crippen LogP contribution in [0, 0.1) is 5.92 Å². The first kappa shape index (κ1) is 15.6. The number of hydrogen-bond acceptors (Lipinski definition) is 3. The van der Waals surface area contributed by atoms with E-state index >= 15 is 0 Å². The Hall–Kier alpha value is -1.75. The highest BCUT2D eigenvalue weighted by Crippen LogP contribution is 2.32. The lowest BCUT2D eigenvalue weighted by atomic mass is 10.1. The second kappa shape index (κ2) is 6.80. The topological polar surface area (TPSA) is 67.4 Å². The van der Waals surface area contributed by atoms with Crippen molar-refractivity contribution in [2.75, 3.05) is 11.9 Å². The molecule has 1 atom stereocenters. The lowest BCUT2D eigenvalue weighted by Crippen LogP contribution is -2.41. The van der Waals surface area contributed by atoms with E-state index in [1.54, 1.807) is 18.2 Å². The van der Waals surface area contributed by atoms with Crippen LogP contribution in [0.1, 0.15) is 26.7 Å². The molecule has 1 aliphatic rings. The summed E-state index contributed by atoms with van der Waals surface area (Å²) in [7, 11) is 0. The Morgan fingerprint density at radius 3 is 2.95 bits per heavy atom. The molecule has 0 bridgehead atoms. The molecule has 0 fully saturated rings. The van der Waals surface area contributed by atoms with E-state index in [1.165, 1.54) is 0 Å². The Labute approximate surface area is 129 Å². The third kappa shape index (κ3) is 4.36. The van der Waals surface area contributed by atoms with Gasteiger partial charge in [-0.2, -0.15) is 0 Å². The van der Waals surface area contributed by atoms with Gasteiger partial charge in [0.1, 0.15) is 5.75 Å². The van der Waals surface area contributed by atoms with Gasteiger partial charge in [-0.05, 0) is 30.5 Å². The predicted octanol–water partition coefficient (Wildman–Crippen LogP) is 2.59. The van der Waals surface area contributed by atoms with Crippen molar-refractivity contribution in [1.82, 2.24) is 5.32 Å². The molecule has 114 valence electrons. The van der Waals surface area contributed by atoms with Gasteiger partial charge < -0.3 is 15.4 Å². The van der Waals surface area contributed by atoms with Gasteiger partial charge in [-0.3, -0.25) is 9.59 Å². The van der Waals surface area contributed by atoms with Gasteiger partial charge in [-0.15, -0.1) is 0 Å². The highest BCUT2D eigenvalue weighted by molar-refractivity contribution is 6.31. The highest BCUT2D eigenvalue weighted by atomic mass is 35.5. The molecule has 1 aromatic carbocycles. The zero-order chi connectivity index (χ0) is 15.4. The van der Waals surface area contributed by atoms with Crippen LogP contribution in [0.3, 0.4) is 0 Å². The van der Waals surface area contributed by atoms with Crippen molar-refractivity contribution in [3.63, 3.8) is 0 Å². The molecule has 0 radical (unpaired) electrons. The maximum absolute atomic E-state index is 11.9. The standard InChI is InChI=1S/C15H19ClN2O3/c1-9(2)5-6-17-14(19)8-13-15(20)18-11-7-10(16)3-4-12(11)21-13/h3-4,7,9,13H,5-6,8H2,1-2H3,(H,17,19)(H,18,20)/t13-/m0/s1. The monoisotopic (exact) mass is 310 g/mol. The fraction of sp³-hybridized carbons (Fsp3) is 0.467. The number of anilines is 1. The van der Waals surface area contributed by atoms with Crippen molar-refractivity contribution in [1.29, 1.82) is 0 Å². The zero-order valence-corrected chi connectivity index (χ0v) is 12.9. The van der Waals surface area contributed by atoms with E-state index in [2.05, 4.69) is 24.5 Å². The molecule has 0 unspecified atom stereocenters. The predicted molar refractivity (Wildman–Crippen MR) is 81.6 cm³/mol. The van der Waals surface area contributed by atoms with Crippen molar-refractivity contribution in [2.45, 2.75) is 32.8 Å². The molecule has 1 aliphatic heterocycles. The van der Waals surface area contributed by atoms with Crippen LogP contribution < -0.4 is 15.4 Å². The second-order valence-electron chi connectivity index (χ2n) is 5.47. The number of ether oxygens (including phenoxy) is 1. The van der Waals surface area contributed by atoms with Crippen LogP contribution in [-0.4, -0.2) is 24.5 Å². The molecule has 21 heavy (non-hydrogen) atoms. The summed E-state index contributed by atoms with van der Waals surface area (Å²) < 4.78 is 5.57. The first-order chi connectivity index (χ1) is 9.95. The first-order valence-corrected chi connectivity index (χ1v) is 7.37. The molecular weight excluding hydrogens is 292 g/mol. The number of fused-ring (bicyclic) bond motifs is 1. The number of hydrogen-bond donors (Lipinski definition) is 2. The van der Waals surface area contributed by atoms with Crippen molar-refractivity contribution >= 4 is 29.1 Å². The van der Waals surface area contributed by atoms with Crippen LogP contribution in [0.15, 0.2) is 18.2 Å². The summed E-state index contributed by atoms with van der Waals surface area (Å²) in [6.45, 7) is 4.79.